The van der Waals surface area contributed by atoms with Gasteiger partial charge in [-0.2, -0.15) is 5.10 Å². The average Bonchev–Trinajstić information content (AvgIpc) is 2.89. The quantitative estimate of drug-likeness (QED) is 0.778. The van der Waals surface area contributed by atoms with Crippen molar-refractivity contribution >= 4 is 5.97 Å². The van der Waals surface area contributed by atoms with Gasteiger partial charge in [-0.3, -0.25) is 4.68 Å². The fourth-order valence-electron chi connectivity index (χ4n) is 2.59. The third kappa shape index (κ3) is 1.54. The highest BCUT2D eigenvalue weighted by Crippen LogP contribution is 2.33. The molecular weight excluding hydrogens is 230 g/mol. The van der Waals surface area contributed by atoms with Gasteiger partial charge in [-0.25, -0.2) is 4.79 Å². The van der Waals surface area contributed by atoms with Crippen molar-refractivity contribution in [2.75, 3.05) is 7.11 Å². The minimum Gasteiger partial charge on any atom is -0.465 e. The van der Waals surface area contributed by atoms with E-state index in [-0.39, 0.29) is 5.97 Å². The predicted octanol–water partition coefficient (Wildman–Crippen LogP) is 1.69. The third-order valence-electron chi connectivity index (χ3n) is 3.38. The normalized spacial score (nSPS) is 13.7. The van der Waals surface area contributed by atoms with Crippen LogP contribution in [0.5, 0.6) is 0 Å². The summed E-state index contributed by atoms with van der Waals surface area (Å²) < 4.78 is 6.63. The summed E-state index contributed by atoms with van der Waals surface area (Å²) in [4.78, 5) is 15.0. The van der Waals surface area contributed by atoms with Gasteiger partial charge in [0, 0.05) is 30.7 Å². The first-order valence-corrected chi connectivity index (χ1v) is 6.02. The Bertz CT molecular complexity index is 610. The summed E-state index contributed by atoms with van der Waals surface area (Å²) in [5, 5.41) is 4.49. The molecule has 5 heteroatoms. The van der Waals surface area contributed by atoms with E-state index in [0.717, 1.165) is 36.2 Å². The maximum absolute atomic E-state index is 11.8. The van der Waals surface area contributed by atoms with Crippen molar-refractivity contribution in [1.82, 2.24) is 14.8 Å². The number of aromatic nitrogens is 3. The molecule has 0 unspecified atom stereocenters. The van der Waals surface area contributed by atoms with Crippen LogP contribution in [0.1, 0.15) is 28.0 Å². The van der Waals surface area contributed by atoms with Crippen molar-refractivity contribution in [1.29, 1.82) is 0 Å². The number of fused-ring (bicyclic) bond motifs is 3. The summed E-state index contributed by atoms with van der Waals surface area (Å²) in [7, 11) is 3.30. The van der Waals surface area contributed by atoms with Crippen LogP contribution in [0, 0.1) is 0 Å². The van der Waals surface area contributed by atoms with Crippen molar-refractivity contribution in [3.63, 3.8) is 0 Å². The summed E-state index contributed by atoms with van der Waals surface area (Å²) in [5.41, 5.74) is 4.67. The number of nitrogens with zero attached hydrogens (tertiary/aromatic N) is 2. The Kier molecular flexibility index (Phi) is 2.47. The van der Waals surface area contributed by atoms with E-state index in [1.165, 1.54) is 12.7 Å². The molecule has 0 saturated heterocycles. The van der Waals surface area contributed by atoms with Gasteiger partial charge in [-0.1, -0.05) is 0 Å². The molecule has 0 fully saturated rings. The maximum atomic E-state index is 11.8. The van der Waals surface area contributed by atoms with Crippen LogP contribution < -0.4 is 0 Å². The highest BCUT2D eigenvalue weighted by atomic mass is 16.5. The molecule has 1 aliphatic carbocycles. The SMILES string of the molecule is COC(=O)c1c[nH]c2c1-c1nn(C)cc1CCC2. The van der Waals surface area contributed by atoms with Crippen molar-refractivity contribution in [3.05, 3.63) is 29.2 Å². The highest BCUT2D eigenvalue weighted by Gasteiger charge is 2.25. The zero-order valence-electron chi connectivity index (χ0n) is 10.5. The average molecular weight is 245 g/mol. The van der Waals surface area contributed by atoms with Crippen LogP contribution in [0.25, 0.3) is 11.3 Å². The molecule has 2 aromatic rings. The number of rotatable bonds is 1. The van der Waals surface area contributed by atoms with E-state index >= 15 is 0 Å². The maximum Gasteiger partial charge on any atom is 0.340 e. The molecule has 0 radical (unpaired) electrons. The summed E-state index contributed by atoms with van der Waals surface area (Å²) in [5.74, 6) is -0.314. The molecule has 5 nitrogen and oxygen atoms in total. The van der Waals surface area contributed by atoms with Gasteiger partial charge in [0.1, 0.15) is 0 Å². The van der Waals surface area contributed by atoms with Crippen LogP contribution in [0.3, 0.4) is 0 Å². The first-order chi connectivity index (χ1) is 8.70. The number of carbonyl (C=O) groups excluding carboxylic acids is 1. The zero-order valence-corrected chi connectivity index (χ0v) is 10.5. The standard InChI is InChI=1S/C13H15N3O2/c1-16-7-8-4-3-5-10-11(12(8)15-16)9(6-14-10)13(17)18-2/h6-7,14H,3-5H2,1-2H3. The van der Waals surface area contributed by atoms with E-state index in [9.17, 15) is 4.79 Å². The summed E-state index contributed by atoms with van der Waals surface area (Å²) in [6, 6.07) is 0. The van der Waals surface area contributed by atoms with Gasteiger partial charge in [0.15, 0.2) is 0 Å². The minimum atomic E-state index is -0.314. The second kappa shape index (κ2) is 4.01. The van der Waals surface area contributed by atoms with Crippen LogP contribution in [-0.2, 0) is 24.6 Å². The second-order valence-corrected chi connectivity index (χ2v) is 4.58. The van der Waals surface area contributed by atoms with Gasteiger partial charge in [0.25, 0.3) is 0 Å². The van der Waals surface area contributed by atoms with E-state index in [0.29, 0.717) is 5.56 Å². The molecule has 0 spiro atoms. The van der Waals surface area contributed by atoms with Crippen molar-refractivity contribution in [2.24, 2.45) is 7.05 Å². The Morgan fingerprint density at radius 3 is 3.11 bits per heavy atom. The molecule has 1 N–H and O–H groups in total. The van der Waals surface area contributed by atoms with Crippen molar-refractivity contribution in [3.8, 4) is 11.3 Å². The Hall–Kier alpha value is -2.04. The molecule has 0 aliphatic heterocycles. The number of carbonyl (C=O) groups is 1. The number of nitrogens with one attached hydrogen (secondary N) is 1. The van der Waals surface area contributed by atoms with Crippen LogP contribution in [0.2, 0.25) is 0 Å². The number of esters is 1. The largest absolute Gasteiger partial charge is 0.465 e. The lowest BCUT2D eigenvalue weighted by atomic mass is 10.1. The van der Waals surface area contributed by atoms with Crippen LogP contribution in [-0.4, -0.2) is 27.8 Å². The summed E-state index contributed by atoms with van der Waals surface area (Å²) in [6.07, 6.45) is 6.74. The van der Waals surface area contributed by atoms with E-state index in [2.05, 4.69) is 10.1 Å². The van der Waals surface area contributed by atoms with Gasteiger partial charge in [-0.05, 0) is 24.8 Å². The number of aryl methyl sites for hydroxylation is 3. The van der Waals surface area contributed by atoms with E-state index < -0.39 is 0 Å². The molecule has 0 saturated carbocycles. The fraction of sp³-hybridized carbons (Fsp3) is 0.385. The number of ether oxygens (including phenoxy) is 1. The highest BCUT2D eigenvalue weighted by molar-refractivity contribution is 5.98. The lowest BCUT2D eigenvalue weighted by Gasteiger charge is -2.02. The van der Waals surface area contributed by atoms with Gasteiger partial charge in [0.05, 0.1) is 18.4 Å². The minimum absolute atomic E-state index is 0.314. The van der Waals surface area contributed by atoms with Crippen LogP contribution in [0.4, 0.5) is 0 Å². The van der Waals surface area contributed by atoms with Gasteiger partial charge in [-0.15, -0.1) is 0 Å². The third-order valence-corrected chi connectivity index (χ3v) is 3.38. The number of H-pyrrole nitrogens is 1. The number of aromatic amines is 1. The van der Waals surface area contributed by atoms with Gasteiger partial charge in [0.2, 0.25) is 0 Å². The van der Waals surface area contributed by atoms with E-state index in [4.69, 9.17) is 4.74 Å². The van der Waals surface area contributed by atoms with E-state index in [1.54, 1.807) is 10.9 Å². The first kappa shape index (κ1) is 11.1. The molecule has 0 bridgehead atoms. The second-order valence-electron chi connectivity index (χ2n) is 4.58. The monoisotopic (exact) mass is 245 g/mol. The molecule has 94 valence electrons. The Labute approximate surface area is 105 Å². The number of hydrogen-bond acceptors (Lipinski definition) is 3. The van der Waals surface area contributed by atoms with Gasteiger partial charge < -0.3 is 9.72 Å². The first-order valence-electron chi connectivity index (χ1n) is 6.02. The molecule has 0 amide bonds. The van der Waals surface area contributed by atoms with Crippen molar-refractivity contribution in [2.45, 2.75) is 19.3 Å². The molecule has 3 rings (SSSR count). The molecule has 0 atom stereocenters. The molecule has 0 aromatic carbocycles. The lowest BCUT2D eigenvalue weighted by molar-refractivity contribution is 0.0601. The van der Waals surface area contributed by atoms with Crippen LogP contribution >= 0.6 is 0 Å². The Morgan fingerprint density at radius 1 is 1.50 bits per heavy atom. The molecule has 2 heterocycles. The Morgan fingerprint density at radius 2 is 2.33 bits per heavy atom. The predicted molar refractivity (Wildman–Crippen MR) is 66.4 cm³/mol. The fourth-order valence-corrected chi connectivity index (χ4v) is 2.59. The lowest BCUT2D eigenvalue weighted by Crippen LogP contribution is -2.02. The number of methoxy groups -OCH3 is 1. The molecule has 1 aliphatic rings. The van der Waals surface area contributed by atoms with E-state index in [1.807, 2.05) is 13.2 Å². The van der Waals surface area contributed by atoms with Gasteiger partial charge >= 0.3 is 5.97 Å². The summed E-state index contributed by atoms with van der Waals surface area (Å²) in [6.45, 7) is 0. The van der Waals surface area contributed by atoms with Crippen molar-refractivity contribution < 1.29 is 9.53 Å². The molecule has 2 aromatic heterocycles. The molecule has 18 heavy (non-hydrogen) atoms. The topological polar surface area (TPSA) is 59.9 Å². The summed E-state index contributed by atoms with van der Waals surface area (Å²) >= 11 is 0. The molecular formula is C13H15N3O2. The number of hydrogen-bond donors (Lipinski definition) is 1. The Balaban J connectivity index is 2.23. The smallest absolute Gasteiger partial charge is 0.340 e. The van der Waals surface area contributed by atoms with Crippen LogP contribution in [0.15, 0.2) is 12.4 Å². The zero-order chi connectivity index (χ0) is 12.7.